The topological polar surface area (TPSA) is 82.1 Å². The van der Waals surface area contributed by atoms with E-state index in [2.05, 4.69) is 0 Å². The molecule has 0 amide bonds. The molecule has 0 saturated heterocycles. The average Bonchev–Trinajstić information content (AvgIpc) is 3.90. The number of aliphatic hydroxyl groups excluding tert-OH is 1. The van der Waals surface area contributed by atoms with Crippen molar-refractivity contribution in [3.63, 3.8) is 0 Å². The Bertz CT molecular complexity index is 1960. The molecule has 0 fully saturated rings. The minimum absolute atomic E-state index is 0.0317. The molecule has 0 saturated carbocycles. The summed E-state index contributed by atoms with van der Waals surface area (Å²) in [5, 5.41) is 9.31. The van der Waals surface area contributed by atoms with Gasteiger partial charge in [0.2, 0.25) is 0 Å². The number of fused-ring (bicyclic) bond motifs is 4. The standard InChI is InChI=1S/C20H18F2O4.C9H8F2O.C9H6F2O/c1-24-19(23)8-11-10-25-18-9-12(2-3-13(11)18)26-17-7-5-15-14(17)4-6-16(21)20(15)22;2*10-7-3-1-5-6(9(7)11)2-4-8(5)12/h2-4,6,9,11,17H,5,7-8,10H2,1H3;1,3,8,12H,2,4H2;1,3H,2,4H2/t11-,17-;8-;/m10./s1. The third-order valence-electron chi connectivity index (χ3n) is 9.38. The summed E-state index contributed by atoms with van der Waals surface area (Å²) in [4.78, 5) is 22.5. The maximum Gasteiger partial charge on any atom is 0.306 e. The van der Waals surface area contributed by atoms with Crippen LogP contribution in [0.3, 0.4) is 0 Å². The molecule has 50 heavy (non-hydrogen) atoms. The molecular weight excluding hydrogens is 666 g/mol. The van der Waals surface area contributed by atoms with Gasteiger partial charge in [-0.2, -0.15) is 0 Å². The Hall–Kier alpha value is -4.84. The second-order valence-corrected chi connectivity index (χ2v) is 12.4. The van der Waals surface area contributed by atoms with Crippen molar-refractivity contribution in [3.05, 3.63) is 128 Å². The molecule has 4 aromatic rings. The fraction of sp³-hybridized carbons (Fsp3) is 0.316. The molecule has 0 unspecified atom stereocenters. The van der Waals surface area contributed by atoms with E-state index in [1.165, 1.54) is 19.2 Å². The number of carbonyl (C=O) groups is 2. The second-order valence-electron chi connectivity index (χ2n) is 12.4. The lowest BCUT2D eigenvalue weighted by Crippen LogP contribution is -2.09. The first-order valence-electron chi connectivity index (χ1n) is 16.1. The smallest absolute Gasteiger partial charge is 0.306 e. The van der Waals surface area contributed by atoms with Crippen LogP contribution in [0.1, 0.15) is 87.5 Å². The van der Waals surface area contributed by atoms with Crippen LogP contribution in [0.15, 0.2) is 54.6 Å². The molecule has 8 rings (SSSR count). The van der Waals surface area contributed by atoms with Crippen LogP contribution in [0.5, 0.6) is 11.5 Å². The van der Waals surface area contributed by atoms with Crippen LogP contribution in [-0.2, 0) is 28.8 Å². The van der Waals surface area contributed by atoms with Gasteiger partial charge in [-0.25, -0.2) is 26.3 Å². The Labute approximate surface area is 283 Å². The molecule has 1 heterocycles. The molecule has 0 spiro atoms. The Morgan fingerprint density at radius 1 is 0.760 bits per heavy atom. The van der Waals surface area contributed by atoms with Crippen molar-refractivity contribution in [1.29, 1.82) is 0 Å². The van der Waals surface area contributed by atoms with E-state index in [1.807, 2.05) is 12.1 Å². The van der Waals surface area contributed by atoms with E-state index in [9.17, 15) is 41.0 Å². The number of hydrogen-bond acceptors (Lipinski definition) is 6. The molecule has 1 N–H and O–H groups in total. The van der Waals surface area contributed by atoms with Crippen molar-refractivity contribution in [1.82, 2.24) is 0 Å². The number of benzene rings is 4. The summed E-state index contributed by atoms with van der Waals surface area (Å²) in [6.45, 7) is 0.421. The van der Waals surface area contributed by atoms with Gasteiger partial charge in [0, 0.05) is 35.1 Å². The lowest BCUT2D eigenvalue weighted by molar-refractivity contribution is -0.141. The minimum atomic E-state index is -0.872. The molecular formula is C38H32F6O6. The summed E-state index contributed by atoms with van der Waals surface area (Å²) < 4.78 is 94.8. The molecule has 262 valence electrons. The predicted molar refractivity (Wildman–Crippen MR) is 168 cm³/mol. The summed E-state index contributed by atoms with van der Waals surface area (Å²) in [7, 11) is 1.37. The molecule has 0 aromatic heterocycles. The summed E-state index contributed by atoms with van der Waals surface area (Å²) in [5.41, 5.74) is 3.48. The van der Waals surface area contributed by atoms with Crippen LogP contribution < -0.4 is 9.47 Å². The van der Waals surface area contributed by atoms with Crippen LogP contribution in [-0.4, -0.2) is 30.6 Å². The fourth-order valence-electron chi connectivity index (χ4n) is 6.75. The molecule has 1 aliphatic heterocycles. The first-order valence-corrected chi connectivity index (χ1v) is 16.1. The fourth-order valence-corrected chi connectivity index (χ4v) is 6.75. The van der Waals surface area contributed by atoms with Crippen molar-refractivity contribution in [3.8, 4) is 11.5 Å². The van der Waals surface area contributed by atoms with Gasteiger partial charge in [0.15, 0.2) is 40.7 Å². The lowest BCUT2D eigenvalue weighted by atomic mass is 9.98. The first kappa shape index (κ1) is 35.0. The summed E-state index contributed by atoms with van der Waals surface area (Å²) in [6, 6.07) is 13.1. The van der Waals surface area contributed by atoms with Crippen molar-refractivity contribution in [2.45, 2.75) is 63.1 Å². The van der Waals surface area contributed by atoms with E-state index in [1.54, 1.807) is 12.1 Å². The van der Waals surface area contributed by atoms with Gasteiger partial charge < -0.3 is 19.3 Å². The largest absolute Gasteiger partial charge is 0.492 e. The van der Waals surface area contributed by atoms with Gasteiger partial charge in [0.05, 0.1) is 26.2 Å². The van der Waals surface area contributed by atoms with Gasteiger partial charge in [0.1, 0.15) is 17.6 Å². The number of carbonyl (C=O) groups excluding carboxylic acids is 2. The quantitative estimate of drug-likeness (QED) is 0.171. The number of methoxy groups -OCH3 is 1. The Kier molecular flexibility index (Phi) is 10.2. The highest BCUT2D eigenvalue weighted by atomic mass is 19.2. The van der Waals surface area contributed by atoms with Crippen LogP contribution >= 0.6 is 0 Å². The molecule has 3 aliphatic carbocycles. The number of halogens is 6. The van der Waals surface area contributed by atoms with Gasteiger partial charge in [-0.3, -0.25) is 9.59 Å². The van der Waals surface area contributed by atoms with E-state index in [-0.39, 0.29) is 35.8 Å². The number of aliphatic hydroxyl groups is 1. The van der Waals surface area contributed by atoms with Gasteiger partial charge in [-0.15, -0.1) is 0 Å². The van der Waals surface area contributed by atoms with Crippen LogP contribution in [0.25, 0.3) is 0 Å². The van der Waals surface area contributed by atoms with Crippen LogP contribution in [0.4, 0.5) is 26.3 Å². The number of rotatable bonds is 4. The second kappa shape index (κ2) is 14.6. The summed E-state index contributed by atoms with van der Waals surface area (Å²) >= 11 is 0. The van der Waals surface area contributed by atoms with Gasteiger partial charge in [0.25, 0.3) is 0 Å². The average molecular weight is 699 g/mol. The number of ether oxygens (including phenoxy) is 3. The van der Waals surface area contributed by atoms with Crippen molar-refractivity contribution in [2.75, 3.05) is 13.7 Å². The van der Waals surface area contributed by atoms with E-state index >= 15 is 0 Å². The van der Waals surface area contributed by atoms with Gasteiger partial charge in [-0.1, -0.05) is 18.2 Å². The normalized spacial score (nSPS) is 19.2. The van der Waals surface area contributed by atoms with Crippen LogP contribution in [0.2, 0.25) is 0 Å². The van der Waals surface area contributed by atoms with Crippen LogP contribution in [0, 0.1) is 34.9 Å². The van der Waals surface area contributed by atoms with E-state index in [0.29, 0.717) is 84.4 Å². The number of hydrogen-bond donors (Lipinski definition) is 1. The highest BCUT2D eigenvalue weighted by molar-refractivity contribution is 6.00. The van der Waals surface area contributed by atoms with E-state index in [4.69, 9.17) is 14.2 Å². The minimum Gasteiger partial charge on any atom is -0.492 e. The van der Waals surface area contributed by atoms with E-state index in [0.717, 1.165) is 23.8 Å². The Morgan fingerprint density at radius 3 is 2.06 bits per heavy atom. The van der Waals surface area contributed by atoms with Crippen molar-refractivity contribution in [2.24, 2.45) is 0 Å². The molecule has 4 aliphatic rings. The zero-order valence-corrected chi connectivity index (χ0v) is 26.8. The number of Topliss-reactive ketones (excluding diaryl/α,β-unsaturated/α-hetero) is 1. The Morgan fingerprint density at radius 2 is 1.36 bits per heavy atom. The lowest BCUT2D eigenvalue weighted by Gasteiger charge is -2.16. The molecule has 0 bridgehead atoms. The summed E-state index contributed by atoms with van der Waals surface area (Å²) in [6.07, 6.45) is 1.94. The zero-order valence-electron chi connectivity index (χ0n) is 26.8. The third kappa shape index (κ3) is 6.94. The summed E-state index contributed by atoms with van der Waals surface area (Å²) in [5.74, 6) is -4.09. The number of esters is 1. The molecule has 4 aromatic carbocycles. The first-order chi connectivity index (χ1) is 24.0. The SMILES string of the molecule is COC(=O)C[C@@H]1COc2cc(O[C@@H]3CCc4c3ccc(F)c4F)ccc21.O=C1CCc2c1ccc(F)c2F.O[C@H]1CCc2c1ccc(F)c2F. The maximum atomic E-state index is 13.9. The highest BCUT2D eigenvalue weighted by Gasteiger charge is 2.31. The van der Waals surface area contributed by atoms with Crippen molar-refractivity contribution < 1.29 is 55.2 Å². The van der Waals surface area contributed by atoms with E-state index < -0.39 is 41.0 Å². The predicted octanol–water partition coefficient (Wildman–Crippen LogP) is 8.11. The van der Waals surface area contributed by atoms with Gasteiger partial charge >= 0.3 is 5.97 Å². The molecule has 12 heteroatoms. The molecule has 6 nitrogen and oxygen atoms in total. The zero-order chi connectivity index (χ0) is 35.7. The van der Waals surface area contributed by atoms with Crippen molar-refractivity contribution >= 4 is 11.8 Å². The molecule has 3 atom stereocenters. The van der Waals surface area contributed by atoms with Gasteiger partial charge in [-0.05, 0) is 84.7 Å². The third-order valence-corrected chi connectivity index (χ3v) is 9.38. The monoisotopic (exact) mass is 698 g/mol. The maximum absolute atomic E-state index is 13.9. The highest BCUT2D eigenvalue weighted by Crippen LogP contribution is 2.42. The molecule has 0 radical (unpaired) electrons. The number of ketones is 1. The Balaban J connectivity index is 0.000000149.